The first kappa shape index (κ1) is 15.6. The van der Waals surface area contributed by atoms with Gasteiger partial charge in [-0.1, -0.05) is 0 Å². The Kier molecular flexibility index (Phi) is 4.69. The zero-order valence-corrected chi connectivity index (χ0v) is 12.7. The van der Waals surface area contributed by atoms with E-state index < -0.39 is 6.10 Å². The van der Waals surface area contributed by atoms with Gasteiger partial charge in [0.05, 0.1) is 18.8 Å². The van der Waals surface area contributed by atoms with Crippen LogP contribution in [-0.4, -0.2) is 67.3 Å². The van der Waals surface area contributed by atoms with E-state index in [0.717, 1.165) is 6.54 Å². The Balaban J connectivity index is 2.21. The highest BCUT2D eigenvalue weighted by atomic mass is 16.5. The van der Waals surface area contributed by atoms with Crippen LogP contribution in [0.25, 0.3) is 0 Å². The van der Waals surface area contributed by atoms with Gasteiger partial charge in [-0.3, -0.25) is 4.79 Å². The topological polar surface area (TPSA) is 79.0 Å². The highest BCUT2D eigenvalue weighted by Crippen LogP contribution is 2.25. The number of methoxy groups -OCH3 is 1. The van der Waals surface area contributed by atoms with Crippen molar-refractivity contribution < 1.29 is 14.6 Å². The highest BCUT2D eigenvalue weighted by Gasteiger charge is 2.35. The van der Waals surface area contributed by atoms with Crippen LogP contribution in [0.2, 0.25) is 0 Å². The second kappa shape index (κ2) is 6.32. The smallest absolute Gasteiger partial charge is 0.256 e. The first-order valence-corrected chi connectivity index (χ1v) is 6.99. The third-order valence-corrected chi connectivity index (χ3v) is 3.72. The Morgan fingerprint density at radius 2 is 2.24 bits per heavy atom. The Morgan fingerprint density at radius 1 is 1.52 bits per heavy atom. The molecule has 0 radical (unpaired) electrons. The van der Waals surface area contributed by atoms with E-state index in [0.29, 0.717) is 30.0 Å². The maximum atomic E-state index is 12.7. The molecule has 1 aliphatic rings. The molecule has 116 valence electrons. The van der Waals surface area contributed by atoms with Crippen molar-refractivity contribution in [3.05, 3.63) is 23.8 Å². The molecule has 6 heteroatoms. The number of carbonyl (C=O) groups is 1. The molecule has 6 nitrogen and oxygen atoms in total. The number of nitrogen functional groups attached to an aromatic ring is 1. The van der Waals surface area contributed by atoms with Crippen molar-refractivity contribution in [2.45, 2.75) is 18.6 Å². The quantitative estimate of drug-likeness (QED) is 0.786. The number of likely N-dealkylation sites (tertiary alicyclic amines) is 1. The number of nitrogens with zero attached hydrogens (tertiary/aromatic N) is 2. The fourth-order valence-electron chi connectivity index (χ4n) is 2.75. The standard InChI is InChI=1S/C15H23N3O3/c1-17(2)8-10-6-11(19)9-18(10)15(20)13-5-4-12(21-3)7-14(13)16/h4-5,7,10-11,19H,6,8-9,16H2,1-3H3. The number of aliphatic hydroxyl groups excluding tert-OH is 1. The molecule has 3 N–H and O–H groups in total. The summed E-state index contributed by atoms with van der Waals surface area (Å²) in [7, 11) is 5.46. The average Bonchev–Trinajstić information content (AvgIpc) is 2.77. The summed E-state index contributed by atoms with van der Waals surface area (Å²) in [5, 5.41) is 9.87. The molecule has 1 heterocycles. The van der Waals surface area contributed by atoms with Gasteiger partial charge < -0.3 is 25.4 Å². The minimum Gasteiger partial charge on any atom is -0.497 e. The number of ether oxygens (including phenoxy) is 1. The summed E-state index contributed by atoms with van der Waals surface area (Å²) in [6, 6.07) is 5.04. The van der Waals surface area contributed by atoms with Crippen molar-refractivity contribution in [1.29, 1.82) is 0 Å². The minimum atomic E-state index is -0.474. The molecule has 2 rings (SSSR count). The average molecular weight is 293 g/mol. The summed E-state index contributed by atoms with van der Waals surface area (Å²) < 4.78 is 5.09. The lowest BCUT2D eigenvalue weighted by atomic mass is 10.1. The molecule has 1 aromatic rings. The van der Waals surface area contributed by atoms with Gasteiger partial charge in [0.15, 0.2) is 0 Å². The molecule has 1 aliphatic heterocycles. The maximum absolute atomic E-state index is 12.7. The molecule has 1 fully saturated rings. The van der Waals surface area contributed by atoms with Crippen LogP contribution in [0.4, 0.5) is 5.69 Å². The van der Waals surface area contributed by atoms with E-state index in [1.54, 1.807) is 30.2 Å². The molecule has 0 spiro atoms. The number of hydrogen-bond acceptors (Lipinski definition) is 5. The first-order valence-electron chi connectivity index (χ1n) is 6.99. The number of β-amino-alcohol motifs (C(OH)–C–C–N with tert-alkyl or cyclic N) is 1. The summed E-state index contributed by atoms with van der Waals surface area (Å²) in [4.78, 5) is 16.4. The van der Waals surface area contributed by atoms with E-state index in [9.17, 15) is 9.90 Å². The zero-order chi connectivity index (χ0) is 15.6. The second-order valence-corrected chi connectivity index (χ2v) is 5.72. The summed E-state index contributed by atoms with van der Waals surface area (Å²) >= 11 is 0. The van der Waals surface area contributed by atoms with Crippen molar-refractivity contribution in [3.8, 4) is 5.75 Å². The largest absolute Gasteiger partial charge is 0.497 e. The minimum absolute atomic E-state index is 0.00371. The third kappa shape index (κ3) is 3.46. The van der Waals surface area contributed by atoms with Gasteiger partial charge in [0.25, 0.3) is 5.91 Å². The van der Waals surface area contributed by atoms with Crippen molar-refractivity contribution in [2.75, 3.05) is 40.0 Å². The number of aliphatic hydroxyl groups is 1. The number of likely N-dealkylation sites (N-methyl/N-ethyl adjacent to an activating group) is 1. The predicted octanol–water partition coefficient (Wildman–Crippen LogP) is 0.414. The zero-order valence-electron chi connectivity index (χ0n) is 12.7. The lowest BCUT2D eigenvalue weighted by Gasteiger charge is -2.27. The summed E-state index contributed by atoms with van der Waals surface area (Å²) in [6.07, 6.45) is 0.123. The Labute approximate surface area is 125 Å². The number of benzene rings is 1. The van der Waals surface area contributed by atoms with Gasteiger partial charge in [0.2, 0.25) is 0 Å². The molecule has 0 saturated carbocycles. The molecule has 1 saturated heterocycles. The molecule has 0 aromatic heterocycles. The molecular formula is C15H23N3O3. The van der Waals surface area contributed by atoms with Crippen LogP contribution in [0.3, 0.4) is 0 Å². The molecule has 2 atom stereocenters. The van der Waals surface area contributed by atoms with Crippen molar-refractivity contribution in [3.63, 3.8) is 0 Å². The van der Waals surface area contributed by atoms with Crippen LogP contribution in [0, 0.1) is 0 Å². The monoisotopic (exact) mass is 293 g/mol. The molecular weight excluding hydrogens is 270 g/mol. The molecule has 21 heavy (non-hydrogen) atoms. The van der Waals surface area contributed by atoms with Crippen LogP contribution in [0.1, 0.15) is 16.8 Å². The number of carbonyl (C=O) groups excluding carboxylic acids is 1. The Hall–Kier alpha value is -1.79. The van der Waals surface area contributed by atoms with E-state index in [1.807, 2.05) is 19.0 Å². The lowest BCUT2D eigenvalue weighted by Crippen LogP contribution is -2.41. The lowest BCUT2D eigenvalue weighted by molar-refractivity contribution is 0.0700. The Morgan fingerprint density at radius 3 is 2.81 bits per heavy atom. The highest BCUT2D eigenvalue weighted by molar-refractivity contribution is 5.99. The number of hydrogen-bond donors (Lipinski definition) is 2. The van der Waals surface area contributed by atoms with E-state index in [4.69, 9.17) is 10.5 Å². The fourth-order valence-corrected chi connectivity index (χ4v) is 2.75. The normalized spacial score (nSPS) is 21.9. The van der Waals surface area contributed by atoms with Gasteiger partial charge in [-0.15, -0.1) is 0 Å². The summed E-state index contributed by atoms with van der Waals surface area (Å²) in [5.41, 5.74) is 6.79. The molecule has 2 unspecified atom stereocenters. The summed E-state index contributed by atoms with van der Waals surface area (Å²) in [5.74, 6) is 0.480. The van der Waals surface area contributed by atoms with Gasteiger partial charge in [-0.05, 0) is 32.6 Å². The predicted molar refractivity (Wildman–Crippen MR) is 81.4 cm³/mol. The molecule has 1 amide bonds. The van der Waals surface area contributed by atoms with Gasteiger partial charge in [-0.2, -0.15) is 0 Å². The van der Waals surface area contributed by atoms with Crippen molar-refractivity contribution >= 4 is 11.6 Å². The van der Waals surface area contributed by atoms with E-state index in [2.05, 4.69) is 0 Å². The van der Waals surface area contributed by atoms with Crippen LogP contribution >= 0.6 is 0 Å². The van der Waals surface area contributed by atoms with Crippen molar-refractivity contribution in [2.24, 2.45) is 0 Å². The molecule has 1 aromatic carbocycles. The van der Waals surface area contributed by atoms with Crippen molar-refractivity contribution in [1.82, 2.24) is 9.80 Å². The molecule has 0 bridgehead atoms. The number of anilines is 1. The van der Waals surface area contributed by atoms with E-state index in [-0.39, 0.29) is 11.9 Å². The van der Waals surface area contributed by atoms with Gasteiger partial charge in [0, 0.05) is 30.9 Å². The maximum Gasteiger partial charge on any atom is 0.256 e. The number of nitrogens with two attached hydrogens (primary N) is 1. The first-order chi connectivity index (χ1) is 9.92. The number of rotatable bonds is 4. The van der Waals surface area contributed by atoms with Crippen LogP contribution in [0.15, 0.2) is 18.2 Å². The van der Waals surface area contributed by atoms with Crippen LogP contribution < -0.4 is 10.5 Å². The van der Waals surface area contributed by atoms with Gasteiger partial charge >= 0.3 is 0 Å². The van der Waals surface area contributed by atoms with E-state index >= 15 is 0 Å². The number of amides is 1. The third-order valence-electron chi connectivity index (χ3n) is 3.72. The van der Waals surface area contributed by atoms with Gasteiger partial charge in [-0.25, -0.2) is 0 Å². The van der Waals surface area contributed by atoms with Crippen LogP contribution in [-0.2, 0) is 0 Å². The summed E-state index contributed by atoms with van der Waals surface area (Å²) in [6.45, 7) is 1.07. The van der Waals surface area contributed by atoms with Crippen LogP contribution in [0.5, 0.6) is 5.75 Å². The Bertz CT molecular complexity index is 519. The van der Waals surface area contributed by atoms with Gasteiger partial charge in [0.1, 0.15) is 5.75 Å². The fraction of sp³-hybridized carbons (Fsp3) is 0.533. The molecule has 0 aliphatic carbocycles. The van der Waals surface area contributed by atoms with E-state index in [1.165, 1.54) is 0 Å². The second-order valence-electron chi connectivity index (χ2n) is 5.72. The SMILES string of the molecule is COc1ccc(C(=O)N2CC(O)CC2CN(C)C)c(N)c1.